The lowest BCUT2D eigenvalue weighted by molar-refractivity contribution is -0.0643. The fourth-order valence-corrected chi connectivity index (χ4v) is 3.11. The molecular formula is C14H26N2O2. The molecule has 18 heavy (non-hydrogen) atoms. The van der Waals surface area contributed by atoms with Gasteiger partial charge in [-0.15, -0.1) is 0 Å². The van der Waals surface area contributed by atoms with Crippen LogP contribution in [0.15, 0.2) is 0 Å². The summed E-state index contributed by atoms with van der Waals surface area (Å²) in [6.45, 7) is 7.39. The number of nitrogens with zero attached hydrogens (tertiary/aromatic N) is 1. The van der Waals surface area contributed by atoms with E-state index in [-0.39, 0.29) is 11.6 Å². The molecule has 4 nitrogen and oxygen atoms in total. The number of nitrogens with two attached hydrogens (primary N) is 1. The van der Waals surface area contributed by atoms with E-state index < -0.39 is 5.60 Å². The van der Waals surface area contributed by atoms with Gasteiger partial charge in [0.25, 0.3) is 0 Å². The van der Waals surface area contributed by atoms with Crippen LogP contribution in [0.3, 0.4) is 0 Å². The van der Waals surface area contributed by atoms with Gasteiger partial charge >= 0.3 is 6.09 Å². The summed E-state index contributed by atoms with van der Waals surface area (Å²) in [5.74, 6) is 0.650. The molecule has 1 aliphatic carbocycles. The molecule has 4 heteroatoms. The van der Waals surface area contributed by atoms with E-state index in [2.05, 4.69) is 0 Å². The first-order valence-corrected chi connectivity index (χ1v) is 7.07. The first-order valence-electron chi connectivity index (χ1n) is 7.07. The van der Waals surface area contributed by atoms with Crippen LogP contribution in [0, 0.1) is 5.92 Å². The van der Waals surface area contributed by atoms with Crippen molar-refractivity contribution in [3.05, 3.63) is 0 Å². The summed E-state index contributed by atoms with van der Waals surface area (Å²) in [4.78, 5) is 14.1. The van der Waals surface area contributed by atoms with Gasteiger partial charge in [0, 0.05) is 12.1 Å². The lowest BCUT2D eigenvalue weighted by Crippen LogP contribution is -2.64. The monoisotopic (exact) mass is 254 g/mol. The Bertz CT molecular complexity index is 314. The zero-order valence-corrected chi connectivity index (χ0v) is 11.9. The van der Waals surface area contributed by atoms with Gasteiger partial charge in [-0.25, -0.2) is 4.79 Å². The summed E-state index contributed by atoms with van der Waals surface area (Å²) in [5.41, 5.74) is 5.41. The number of ether oxygens (including phenoxy) is 1. The van der Waals surface area contributed by atoms with Crippen LogP contribution in [0.25, 0.3) is 0 Å². The molecule has 2 rings (SSSR count). The van der Waals surface area contributed by atoms with Gasteiger partial charge in [-0.05, 0) is 65.3 Å². The third-order valence-corrected chi connectivity index (χ3v) is 4.36. The van der Waals surface area contributed by atoms with Gasteiger partial charge in [0.2, 0.25) is 0 Å². The summed E-state index contributed by atoms with van der Waals surface area (Å²) in [6.07, 6.45) is 5.47. The zero-order chi connectivity index (χ0) is 13.4. The number of rotatable bonds is 1. The Labute approximate surface area is 110 Å². The standard InChI is InChI=1S/C14H26N2O2/c1-13(2,3)18-12(17)16-9-8-14(16)6-4-11(10-15)5-7-14/h11H,4-10,15H2,1-3H3. The summed E-state index contributed by atoms with van der Waals surface area (Å²) < 4.78 is 5.48. The Hall–Kier alpha value is -0.770. The van der Waals surface area contributed by atoms with E-state index in [4.69, 9.17) is 10.5 Å². The number of hydrogen-bond donors (Lipinski definition) is 1. The maximum Gasteiger partial charge on any atom is 0.410 e. The van der Waals surface area contributed by atoms with E-state index in [1.165, 1.54) is 0 Å². The summed E-state index contributed by atoms with van der Waals surface area (Å²) in [7, 11) is 0. The second kappa shape index (κ2) is 4.72. The minimum atomic E-state index is -0.400. The van der Waals surface area contributed by atoms with Crippen molar-refractivity contribution in [1.29, 1.82) is 0 Å². The van der Waals surface area contributed by atoms with Crippen LogP contribution in [0.4, 0.5) is 4.79 Å². The Morgan fingerprint density at radius 2 is 1.94 bits per heavy atom. The van der Waals surface area contributed by atoms with E-state index in [0.29, 0.717) is 5.92 Å². The maximum atomic E-state index is 12.1. The van der Waals surface area contributed by atoms with Crippen LogP contribution in [0.5, 0.6) is 0 Å². The van der Waals surface area contributed by atoms with Crippen LogP contribution in [0.1, 0.15) is 52.9 Å². The van der Waals surface area contributed by atoms with Crippen LogP contribution in [-0.2, 0) is 4.74 Å². The van der Waals surface area contributed by atoms with Gasteiger partial charge in [-0.3, -0.25) is 0 Å². The molecule has 1 spiro atoms. The van der Waals surface area contributed by atoms with Crippen molar-refractivity contribution < 1.29 is 9.53 Å². The fourth-order valence-electron chi connectivity index (χ4n) is 3.11. The molecular weight excluding hydrogens is 228 g/mol. The van der Waals surface area contributed by atoms with E-state index in [1.807, 2.05) is 25.7 Å². The van der Waals surface area contributed by atoms with Crippen LogP contribution in [-0.4, -0.2) is 35.2 Å². The average Bonchev–Trinajstić information content (AvgIpc) is 2.25. The van der Waals surface area contributed by atoms with Crippen molar-refractivity contribution in [2.24, 2.45) is 11.7 Å². The third-order valence-electron chi connectivity index (χ3n) is 4.36. The number of hydrogen-bond acceptors (Lipinski definition) is 3. The van der Waals surface area contributed by atoms with Crippen molar-refractivity contribution >= 4 is 6.09 Å². The molecule has 0 bridgehead atoms. The number of carbonyl (C=O) groups is 1. The minimum absolute atomic E-state index is 0.0913. The first-order chi connectivity index (χ1) is 8.36. The van der Waals surface area contributed by atoms with Gasteiger partial charge < -0.3 is 15.4 Å². The molecule has 1 aliphatic heterocycles. The number of carbonyl (C=O) groups excluding carboxylic acids is 1. The second-order valence-electron chi connectivity index (χ2n) is 6.79. The van der Waals surface area contributed by atoms with Gasteiger partial charge in [0.1, 0.15) is 5.60 Å². The third kappa shape index (κ3) is 2.63. The smallest absolute Gasteiger partial charge is 0.410 e. The highest BCUT2D eigenvalue weighted by atomic mass is 16.6. The SMILES string of the molecule is CC(C)(C)OC(=O)N1CCC12CCC(CN)CC2. The topological polar surface area (TPSA) is 55.6 Å². The predicted octanol–water partition coefficient (Wildman–Crippen LogP) is 2.51. The first kappa shape index (κ1) is 13.7. The Morgan fingerprint density at radius 3 is 2.33 bits per heavy atom. The molecule has 104 valence electrons. The lowest BCUT2D eigenvalue weighted by atomic mass is 9.69. The van der Waals surface area contributed by atoms with E-state index >= 15 is 0 Å². The number of likely N-dealkylation sites (tertiary alicyclic amines) is 1. The molecule has 0 aromatic rings. The van der Waals surface area contributed by atoms with Gasteiger partial charge in [-0.2, -0.15) is 0 Å². The molecule has 1 amide bonds. The number of amides is 1. The molecule has 0 unspecified atom stereocenters. The summed E-state index contributed by atoms with van der Waals surface area (Å²) in [6, 6.07) is 0. The van der Waals surface area contributed by atoms with Crippen molar-refractivity contribution in [3.63, 3.8) is 0 Å². The average molecular weight is 254 g/mol. The van der Waals surface area contributed by atoms with Gasteiger partial charge in [0.05, 0.1) is 0 Å². The molecule has 2 N–H and O–H groups in total. The molecule has 0 atom stereocenters. The van der Waals surface area contributed by atoms with Crippen molar-refractivity contribution in [2.75, 3.05) is 13.1 Å². The van der Waals surface area contributed by atoms with Crippen molar-refractivity contribution in [2.45, 2.75) is 64.0 Å². The lowest BCUT2D eigenvalue weighted by Gasteiger charge is -2.55. The quantitative estimate of drug-likeness (QED) is 0.782. The Kier molecular flexibility index (Phi) is 3.58. The van der Waals surface area contributed by atoms with Crippen LogP contribution < -0.4 is 5.73 Å². The van der Waals surface area contributed by atoms with E-state index in [0.717, 1.165) is 45.2 Å². The molecule has 1 saturated heterocycles. The van der Waals surface area contributed by atoms with Crippen LogP contribution in [0.2, 0.25) is 0 Å². The van der Waals surface area contributed by atoms with Crippen molar-refractivity contribution in [3.8, 4) is 0 Å². The van der Waals surface area contributed by atoms with E-state index in [9.17, 15) is 4.79 Å². The summed E-state index contributed by atoms with van der Waals surface area (Å²) >= 11 is 0. The minimum Gasteiger partial charge on any atom is -0.444 e. The molecule has 1 saturated carbocycles. The normalized spacial score (nSPS) is 32.2. The second-order valence-corrected chi connectivity index (χ2v) is 6.79. The molecule has 2 fully saturated rings. The highest BCUT2D eigenvalue weighted by molar-refractivity contribution is 5.70. The Morgan fingerprint density at radius 1 is 1.33 bits per heavy atom. The molecule has 0 radical (unpaired) electrons. The van der Waals surface area contributed by atoms with Gasteiger partial charge in [0.15, 0.2) is 0 Å². The maximum absolute atomic E-state index is 12.1. The summed E-state index contributed by atoms with van der Waals surface area (Å²) in [5, 5.41) is 0. The van der Waals surface area contributed by atoms with E-state index in [1.54, 1.807) is 0 Å². The van der Waals surface area contributed by atoms with Gasteiger partial charge in [-0.1, -0.05) is 0 Å². The van der Waals surface area contributed by atoms with Crippen molar-refractivity contribution in [1.82, 2.24) is 4.90 Å². The predicted molar refractivity (Wildman–Crippen MR) is 71.3 cm³/mol. The largest absolute Gasteiger partial charge is 0.444 e. The fraction of sp³-hybridized carbons (Fsp3) is 0.929. The van der Waals surface area contributed by atoms with Crippen LogP contribution >= 0.6 is 0 Å². The Balaban J connectivity index is 1.94. The molecule has 1 heterocycles. The molecule has 0 aromatic heterocycles. The molecule has 0 aromatic carbocycles. The highest BCUT2D eigenvalue weighted by Gasteiger charge is 2.50. The highest BCUT2D eigenvalue weighted by Crippen LogP contribution is 2.45. The molecule has 2 aliphatic rings. The zero-order valence-electron chi connectivity index (χ0n) is 11.9.